The van der Waals surface area contributed by atoms with Crippen LogP contribution < -0.4 is 20.7 Å². The Morgan fingerprint density at radius 2 is 1.33 bits per heavy atom. The van der Waals surface area contributed by atoms with Crippen molar-refractivity contribution in [2.45, 2.75) is 193 Å². The van der Waals surface area contributed by atoms with Crippen LogP contribution in [0, 0.1) is 23.7 Å². The third kappa shape index (κ3) is 28.5. The normalized spacial score (nSPS) is 20.0. The molecule has 5 heterocycles. The summed E-state index contributed by atoms with van der Waals surface area (Å²) in [5, 5.41) is 70.1. The third-order valence-electron chi connectivity index (χ3n) is 21.0. The molecule has 0 spiro atoms. The van der Waals surface area contributed by atoms with Crippen LogP contribution >= 0.6 is 0 Å². The Kier molecular flexibility index (Phi) is 40.5. The molecular formula is C81H124N10O26. The van der Waals surface area contributed by atoms with Gasteiger partial charge in [-0.15, -0.1) is 5.10 Å². The zero-order valence-corrected chi connectivity index (χ0v) is 69.5. The van der Waals surface area contributed by atoms with E-state index in [1.165, 1.54) is 50.5 Å². The van der Waals surface area contributed by atoms with Crippen LogP contribution in [0.5, 0.6) is 5.75 Å². The van der Waals surface area contributed by atoms with Gasteiger partial charge in [-0.3, -0.25) is 43.4 Å². The third-order valence-corrected chi connectivity index (χ3v) is 21.0. The summed E-state index contributed by atoms with van der Waals surface area (Å²) >= 11 is 0. The van der Waals surface area contributed by atoms with Crippen LogP contribution in [0.2, 0.25) is 0 Å². The summed E-state index contributed by atoms with van der Waals surface area (Å²) in [6.07, 6.45) is -5.39. The molecule has 36 heteroatoms. The second kappa shape index (κ2) is 49.4. The van der Waals surface area contributed by atoms with Crippen molar-refractivity contribution < 1.29 is 125 Å². The lowest BCUT2D eigenvalue weighted by Gasteiger charge is -2.41. The number of aliphatic hydroxyl groups excluding tert-OH is 5. The topological polar surface area (TPSA) is 441 Å². The molecule has 0 unspecified atom stereocenters. The molecule has 654 valence electrons. The van der Waals surface area contributed by atoms with Gasteiger partial charge < -0.3 is 113 Å². The highest BCUT2D eigenvalue weighted by Crippen LogP contribution is 2.36. The molecule has 8 N–H and O–H groups in total. The Morgan fingerprint density at radius 3 is 1.94 bits per heavy atom. The number of nitrogens with one attached hydrogen (secondary N) is 3. The summed E-state index contributed by atoms with van der Waals surface area (Å²) < 4.78 is 76.7. The Hall–Kier alpha value is -8.18. The van der Waals surface area contributed by atoms with Crippen molar-refractivity contribution in [1.82, 2.24) is 50.5 Å². The highest BCUT2D eigenvalue weighted by molar-refractivity contribution is 6.12. The first kappa shape index (κ1) is 96.0. The van der Waals surface area contributed by atoms with Gasteiger partial charge in [0.25, 0.3) is 11.8 Å². The number of ether oxygens (including phenoxy) is 12. The Bertz CT molecular complexity index is 3730. The van der Waals surface area contributed by atoms with Crippen LogP contribution in [-0.2, 0) is 112 Å². The van der Waals surface area contributed by atoms with Crippen molar-refractivity contribution in [2.75, 3.05) is 140 Å². The maximum absolute atomic E-state index is 15.0. The van der Waals surface area contributed by atoms with E-state index in [0.717, 1.165) is 9.80 Å². The van der Waals surface area contributed by atoms with Gasteiger partial charge in [0.05, 0.1) is 173 Å². The molecule has 0 bridgehead atoms. The number of fused-ring (bicyclic) bond motifs is 1. The number of amides is 8. The van der Waals surface area contributed by atoms with Crippen molar-refractivity contribution in [3.63, 3.8) is 0 Å². The predicted molar refractivity (Wildman–Crippen MR) is 421 cm³/mol. The van der Waals surface area contributed by atoms with E-state index < -0.39 is 128 Å². The van der Waals surface area contributed by atoms with E-state index >= 15 is 0 Å². The van der Waals surface area contributed by atoms with Crippen LogP contribution in [-0.4, -0.2) is 321 Å². The molecule has 117 heavy (non-hydrogen) atoms. The van der Waals surface area contributed by atoms with Crippen molar-refractivity contribution in [3.05, 3.63) is 89.5 Å². The van der Waals surface area contributed by atoms with E-state index in [9.17, 15) is 63.9 Å². The van der Waals surface area contributed by atoms with E-state index in [2.05, 4.69) is 26.3 Å². The lowest BCUT2D eigenvalue weighted by Crippen LogP contribution is -2.60. The standard InChI is InChI=1S/C81H124N10O26/c1-13-52(6)70(62(105-11)45-67(96)90-28-17-20-60(90)75(106-12)53(7)77(101)83-54(8)71(97)55-18-15-14-16-19-55)87(9)79(103)68(50(2)3)84-78(102)69(51(4)5)88(10)81(104)114-48-56-21-23-61(116-80-74(100)73(99)72(98)63(47-92)117-80)59-44-58(115-76(56)59)22-24-64(93)82-27-31-107-34-37-110-38-35-108-32-29-89-46-57(85-86-89)49-113-43-42-112-41-40-111-39-36-109-33-30-91-65(94)25-26-66(91)95/h14-16,18-19,21,23,25-26,44,46,50-54,60,62-63,68-75,80,92,97-100H,13,17,20,22,24,27-43,45,47-49H2,1-12H3,(H,82,93)(H,83,101)(H,84,102)/t52-,53+,54+,60-,62+,63+,68-,69-,70-,71+,72-,73-,74+,75+,80+/m0/s1. The molecule has 2 saturated heterocycles. The van der Waals surface area contributed by atoms with Crippen LogP contribution in [0.25, 0.3) is 11.0 Å². The fourth-order valence-corrected chi connectivity index (χ4v) is 14.2. The number of aryl methyl sites for hydroxylation is 1. The molecule has 36 nitrogen and oxygen atoms in total. The SMILES string of the molecule is CC[C@H](C)[C@@H]([C@@H](CC(=O)N1CCC[C@H]1[C@H](OC)[C@@H](C)C(=O)N[C@H](C)[C@@H](O)c1ccccc1)OC)N(C)C(=O)[C@@H](NC(=O)[C@H](C(C)C)N(C)C(=O)OCc1ccc(O[C@@H]2O[C@H](CO)[C@H](O)[C@H](O)[C@H]2O)c2cc(CCC(=O)NCCOCCOCCOCCn3cc(COCCOCCOCCOCCN4C(=O)C=CC4=O)nn3)oc12)C(C)C. The smallest absolute Gasteiger partial charge is 0.410 e. The average Bonchev–Trinajstić information content (AvgIpc) is 1.67. The zero-order valence-electron chi connectivity index (χ0n) is 69.5. The minimum absolute atomic E-state index is 0.0326. The zero-order chi connectivity index (χ0) is 85.3. The number of aromatic nitrogens is 3. The molecule has 3 aliphatic rings. The molecule has 2 aromatic carbocycles. The highest BCUT2D eigenvalue weighted by Gasteiger charge is 2.47. The average molecular weight is 1650 g/mol. The highest BCUT2D eigenvalue weighted by atomic mass is 16.7. The number of hydrogen-bond donors (Lipinski definition) is 8. The number of likely N-dealkylation sites (N-methyl/N-ethyl adjacent to an activating group) is 2. The lowest BCUT2D eigenvalue weighted by atomic mass is 9.89. The lowest BCUT2D eigenvalue weighted by molar-refractivity contribution is -0.277. The van der Waals surface area contributed by atoms with Gasteiger partial charge in [0.2, 0.25) is 35.8 Å². The number of furan rings is 1. The number of carbonyl (C=O) groups excluding carboxylic acids is 8. The first-order valence-electron chi connectivity index (χ1n) is 40.2. The van der Waals surface area contributed by atoms with Gasteiger partial charge in [-0.25, -0.2) is 9.48 Å². The van der Waals surface area contributed by atoms with Crippen LogP contribution in [0.4, 0.5) is 4.79 Å². The molecular weight excluding hydrogens is 1530 g/mol. The molecule has 3 aliphatic heterocycles. The molecule has 2 fully saturated rings. The fourth-order valence-electron chi connectivity index (χ4n) is 14.2. The van der Waals surface area contributed by atoms with E-state index in [1.807, 2.05) is 32.0 Å². The number of benzene rings is 2. The number of carbonyl (C=O) groups is 8. The van der Waals surface area contributed by atoms with Gasteiger partial charge in [0, 0.05) is 72.0 Å². The van der Waals surface area contributed by atoms with E-state index in [1.54, 1.807) is 82.6 Å². The van der Waals surface area contributed by atoms with Gasteiger partial charge in [-0.05, 0) is 61.3 Å². The summed E-state index contributed by atoms with van der Waals surface area (Å²) in [4.78, 5) is 114. The minimum atomic E-state index is -1.76. The summed E-state index contributed by atoms with van der Waals surface area (Å²) in [6, 6.07) is 9.60. The predicted octanol–water partition coefficient (Wildman–Crippen LogP) is 2.39. The number of rotatable bonds is 54. The number of hydrogen-bond acceptors (Lipinski definition) is 28. The monoisotopic (exact) mass is 1650 g/mol. The van der Waals surface area contributed by atoms with E-state index in [4.69, 9.17) is 61.3 Å². The maximum Gasteiger partial charge on any atom is 0.410 e. The number of methoxy groups -OCH3 is 2. The fraction of sp³-hybridized carbons (Fsp3) is 0.679. The Balaban J connectivity index is 0.847. The van der Waals surface area contributed by atoms with Gasteiger partial charge in [0.1, 0.15) is 65.9 Å². The summed E-state index contributed by atoms with van der Waals surface area (Å²) in [6.45, 7) is 19.0. The van der Waals surface area contributed by atoms with Crippen molar-refractivity contribution in [3.8, 4) is 5.75 Å². The molecule has 0 aliphatic carbocycles. The number of nitrogens with zero attached hydrogens (tertiary/aromatic N) is 7. The molecule has 0 saturated carbocycles. The number of likely N-dealkylation sites (tertiary alicyclic amines) is 1. The maximum atomic E-state index is 15.0. The first-order chi connectivity index (χ1) is 56.1. The Labute approximate surface area is 683 Å². The van der Waals surface area contributed by atoms with Gasteiger partial charge >= 0.3 is 6.09 Å². The van der Waals surface area contributed by atoms with Crippen molar-refractivity contribution >= 4 is 58.4 Å². The van der Waals surface area contributed by atoms with E-state index in [-0.39, 0.29) is 118 Å². The second-order valence-electron chi connectivity index (χ2n) is 30.0. The van der Waals surface area contributed by atoms with Gasteiger partial charge in [-0.1, -0.05) is 90.4 Å². The van der Waals surface area contributed by atoms with Crippen LogP contribution in [0.15, 0.2) is 71.3 Å². The van der Waals surface area contributed by atoms with Crippen LogP contribution in [0.1, 0.15) is 116 Å². The summed E-state index contributed by atoms with van der Waals surface area (Å²) in [7, 11) is 6.02. The van der Waals surface area contributed by atoms with Gasteiger partial charge in [-0.2, -0.15) is 0 Å². The first-order valence-corrected chi connectivity index (χ1v) is 40.2. The molecule has 8 amide bonds. The minimum Gasteiger partial charge on any atom is -0.461 e. The number of aliphatic hydroxyl groups is 5. The Morgan fingerprint density at radius 1 is 0.709 bits per heavy atom. The van der Waals surface area contributed by atoms with Gasteiger partial charge in [0.15, 0.2) is 0 Å². The van der Waals surface area contributed by atoms with Crippen molar-refractivity contribution in [2.24, 2.45) is 23.7 Å². The molecule has 15 atom stereocenters. The summed E-state index contributed by atoms with van der Waals surface area (Å²) in [5.74, 6) is -4.22. The summed E-state index contributed by atoms with van der Waals surface area (Å²) in [5.41, 5.74) is 1.78. The van der Waals surface area contributed by atoms with E-state index in [0.29, 0.717) is 114 Å². The number of imide groups is 1. The quantitative estimate of drug-likeness (QED) is 0.0232. The molecule has 2 aromatic heterocycles. The van der Waals surface area contributed by atoms with Crippen LogP contribution in [0.3, 0.4) is 0 Å². The molecule has 4 aromatic rings. The largest absolute Gasteiger partial charge is 0.461 e. The van der Waals surface area contributed by atoms with Crippen molar-refractivity contribution in [1.29, 1.82) is 0 Å². The second-order valence-corrected chi connectivity index (χ2v) is 30.0. The molecule has 0 radical (unpaired) electrons. The molecule has 7 rings (SSSR count).